The first kappa shape index (κ1) is 15.5. The van der Waals surface area contributed by atoms with E-state index in [1.54, 1.807) is 6.07 Å². The zero-order valence-corrected chi connectivity index (χ0v) is 14.6. The number of nitrogens with one attached hydrogen (secondary N) is 1. The molecule has 1 aromatic heterocycles. The SMILES string of the molecule is Cc1nc(-c2cc(C(=O)O)c(C)cc2C2CCOC2)c(I)[nH]1. The molecule has 0 spiro atoms. The van der Waals surface area contributed by atoms with Crippen LogP contribution in [0.1, 0.15) is 39.6 Å². The highest BCUT2D eigenvalue weighted by molar-refractivity contribution is 14.1. The minimum Gasteiger partial charge on any atom is -0.478 e. The van der Waals surface area contributed by atoms with Gasteiger partial charge in [0.25, 0.3) is 0 Å². The Morgan fingerprint density at radius 1 is 1.45 bits per heavy atom. The van der Waals surface area contributed by atoms with E-state index in [0.717, 1.165) is 44.9 Å². The van der Waals surface area contributed by atoms with Gasteiger partial charge in [-0.15, -0.1) is 0 Å². The van der Waals surface area contributed by atoms with Gasteiger partial charge in [0.1, 0.15) is 15.2 Å². The van der Waals surface area contributed by atoms with Crippen molar-refractivity contribution in [2.75, 3.05) is 13.2 Å². The van der Waals surface area contributed by atoms with Crippen LogP contribution < -0.4 is 0 Å². The number of carboxylic acids is 1. The van der Waals surface area contributed by atoms with Crippen LogP contribution in [0.15, 0.2) is 12.1 Å². The van der Waals surface area contributed by atoms with E-state index in [4.69, 9.17) is 4.74 Å². The van der Waals surface area contributed by atoms with Crippen LogP contribution in [0.2, 0.25) is 0 Å². The molecule has 2 heterocycles. The summed E-state index contributed by atoms with van der Waals surface area (Å²) < 4.78 is 6.44. The van der Waals surface area contributed by atoms with Gasteiger partial charge in [0, 0.05) is 18.1 Å². The van der Waals surface area contributed by atoms with Gasteiger partial charge in [0.2, 0.25) is 0 Å². The Hall–Kier alpha value is -1.41. The number of hydrogen-bond donors (Lipinski definition) is 2. The fourth-order valence-corrected chi connectivity index (χ4v) is 3.73. The maximum atomic E-state index is 11.5. The second-order valence-corrected chi connectivity index (χ2v) is 6.68. The molecule has 0 radical (unpaired) electrons. The lowest BCUT2D eigenvalue weighted by Gasteiger charge is -2.16. The van der Waals surface area contributed by atoms with Crippen LogP contribution in [0, 0.1) is 17.5 Å². The summed E-state index contributed by atoms with van der Waals surface area (Å²) in [6, 6.07) is 3.74. The summed E-state index contributed by atoms with van der Waals surface area (Å²) in [5.74, 6) is 0.213. The molecule has 2 aromatic rings. The van der Waals surface area contributed by atoms with Crippen LogP contribution in [-0.2, 0) is 4.74 Å². The summed E-state index contributed by atoms with van der Waals surface area (Å²) >= 11 is 2.21. The van der Waals surface area contributed by atoms with Crippen LogP contribution in [0.3, 0.4) is 0 Å². The van der Waals surface area contributed by atoms with Gasteiger partial charge in [0.05, 0.1) is 12.2 Å². The first-order chi connectivity index (χ1) is 10.5. The Balaban J connectivity index is 2.22. The molecule has 116 valence electrons. The van der Waals surface area contributed by atoms with Crippen molar-refractivity contribution in [1.29, 1.82) is 0 Å². The second kappa shape index (κ2) is 6.00. The van der Waals surface area contributed by atoms with Gasteiger partial charge < -0.3 is 14.8 Å². The van der Waals surface area contributed by atoms with Gasteiger partial charge in [-0.25, -0.2) is 9.78 Å². The molecule has 6 heteroatoms. The van der Waals surface area contributed by atoms with E-state index in [9.17, 15) is 9.90 Å². The first-order valence-corrected chi connectivity index (χ1v) is 8.23. The van der Waals surface area contributed by atoms with Crippen molar-refractivity contribution in [3.8, 4) is 11.3 Å². The van der Waals surface area contributed by atoms with Gasteiger partial charge >= 0.3 is 5.97 Å². The Morgan fingerprint density at radius 3 is 2.77 bits per heavy atom. The third-order valence-electron chi connectivity index (χ3n) is 4.03. The largest absolute Gasteiger partial charge is 0.478 e. The molecule has 1 fully saturated rings. The average Bonchev–Trinajstić information content (AvgIpc) is 3.08. The van der Waals surface area contributed by atoms with Crippen molar-refractivity contribution in [2.24, 2.45) is 0 Å². The van der Waals surface area contributed by atoms with E-state index in [1.165, 1.54) is 0 Å². The standard InChI is InChI=1S/C16H17IN2O3/c1-8-5-12(10-3-4-22-7-10)13(6-11(8)16(20)21)14-15(17)19-9(2)18-14/h5-6,10H,3-4,7H2,1-2H3,(H,18,19)(H,20,21). The summed E-state index contributed by atoms with van der Waals surface area (Å²) in [4.78, 5) is 19.2. The molecule has 5 nitrogen and oxygen atoms in total. The maximum absolute atomic E-state index is 11.5. The average molecular weight is 412 g/mol. The Labute approximate surface area is 142 Å². The molecule has 0 bridgehead atoms. The number of ether oxygens (including phenoxy) is 1. The van der Waals surface area contributed by atoms with Crippen LogP contribution in [0.25, 0.3) is 11.3 Å². The van der Waals surface area contributed by atoms with E-state index >= 15 is 0 Å². The van der Waals surface area contributed by atoms with E-state index < -0.39 is 5.97 Å². The van der Waals surface area contributed by atoms with Gasteiger partial charge in [-0.05, 0) is 60.1 Å². The number of aromatic amines is 1. The molecule has 1 aromatic carbocycles. The van der Waals surface area contributed by atoms with Gasteiger partial charge in [-0.1, -0.05) is 6.07 Å². The minimum absolute atomic E-state index is 0.296. The lowest BCUT2D eigenvalue weighted by Crippen LogP contribution is -2.07. The maximum Gasteiger partial charge on any atom is 0.335 e. The molecule has 0 saturated carbocycles. The van der Waals surface area contributed by atoms with E-state index in [0.29, 0.717) is 18.1 Å². The number of aromatic nitrogens is 2. The second-order valence-electron chi connectivity index (χ2n) is 5.60. The molecule has 1 unspecified atom stereocenters. The van der Waals surface area contributed by atoms with Crippen LogP contribution >= 0.6 is 22.6 Å². The number of nitrogens with zero attached hydrogens (tertiary/aromatic N) is 1. The topological polar surface area (TPSA) is 75.2 Å². The molecule has 1 saturated heterocycles. The van der Waals surface area contributed by atoms with Crippen molar-refractivity contribution in [3.05, 3.63) is 38.3 Å². The molecule has 1 aliphatic rings. The lowest BCUT2D eigenvalue weighted by atomic mass is 9.88. The van der Waals surface area contributed by atoms with Crippen LogP contribution in [0.4, 0.5) is 0 Å². The molecule has 0 amide bonds. The number of hydrogen-bond acceptors (Lipinski definition) is 3. The quantitative estimate of drug-likeness (QED) is 0.757. The summed E-state index contributed by atoms with van der Waals surface area (Å²) in [5, 5.41) is 9.41. The van der Waals surface area contributed by atoms with Crippen molar-refractivity contribution in [1.82, 2.24) is 9.97 Å². The molecule has 2 N–H and O–H groups in total. The summed E-state index contributed by atoms with van der Waals surface area (Å²) in [7, 11) is 0. The first-order valence-electron chi connectivity index (χ1n) is 7.15. The smallest absolute Gasteiger partial charge is 0.335 e. The normalized spacial score (nSPS) is 17.9. The zero-order valence-electron chi connectivity index (χ0n) is 12.4. The third-order valence-corrected chi connectivity index (χ3v) is 4.81. The number of carboxylic acid groups (broad SMARTS) is 1. The third kappa shape index (κ3) is 2.77. The monoisotopic (exact) mass is 412 g/mol. The predicted octanol–water partition coefficient (Wildman–Crippen LogP) is 3.50. The highest BCUT2D eigenvalue weighted by Crippen LogP contribution is 2.36. The number of imidazole rings is 1. The molecule has 3 rings (SSSR count). The molecule has 1 atom stereocenters. The van der Waals surface area contributed by atoms with Gasteiger partial charge in [-0.3, -0.25) is 0 Å². The van der Waals surface area contributed by atoms with Crippen LogP contribution in [0.5, 0.6) is 0 Å². The number of rotatable bonds is 3. The molecule has 0 aliphatic carbocycles. The number of aromatic carboxylic acids is 1. The summed E-state index contributed by atoms with van der Waals surface area (Å²) in [6.07, 6.45) is 0.957. The van der Waals surface area contributed by atoms with E-state index in [1.807, 2.05) is 19.9 Å². The molecular formula is C16H17IN2O3. The summed E-state index contributed by atoms with van der Waals surface area (Å²) in [6.45, 7) is 5.17. The molecule has 1 aliphatic heterocycles. The highest BCUT2D eigenvalue weighted by Gasteiger charge is 2.25. The molecule has 22 heavy (non-hydrogen) atoms. The van der Waals surface area contributed by atoms with Gasteiger partial charge in [0.15, 0.2) is 0 Å². The van der Waals surface area contributed by atoms with E-state index in [-0.39, 0.29) is 0 Å². The van der Waals surface area contributed by atoms with Gasteiger partial charge in [-0.2, -0.15) is 0 Å². The van der Waals surface area contributed by atoms with E-state index in [2.05, 4.69) is 32.6 Å². The highest BCUT2D eigenvalue weighted by atomic mass is 127. The van der Waals surface area contributed by atoms with Crippen molar-refractivity contribution < 1.29 is 14.6 Å². The number of aryl methyl sites for hydroxylation is 2. The fourth-order valence-electron chi connectivity index (χ4n) is 2.92. The summed E-state index contributed by atoms with van der Waals surface area (Å²) in [5.41, 5.74) is 3.95. The minimum atomic E-state index is -0.907. The number of H-pyrrole nitrogens is 1. The fraction of sp³-hybridized carbons (Fsp3) is 0.375. The Bertz CT molecular complexity index is 733. The van der Waals surface area contributed by atoms with Crippen LogP contribution in [-0.4, -0.2) is 34.3 Å². The van der Waals surface area contributed by atoms with Crippen molar-refractivity contribution in [3.63, 3.8) is 0 Å². The molecular weight excluding hydrogens is 395 g/mol. The Morgan fingerprint density at radius 2 is 2.23 bits per heavy atom. The zero-order chi connectivity index (χ0) is 15.9. The number of benzene rings is 1. The lowest BCUT2D eigenvalue weighted by molar-refractivity contribution is 0.0696. The number of carbonyl (C=O) groups is 1. The Kier molecular flexibility index (Phi) is 4.22. The van der Waals surface area contributed by atoms with Crippen molar-refractivity contribution in [2.45, 2.75) is 26.2 Å². The van der Waals surface area contributed by atoms with Crippen molar-refractivity contribution >= 4 is 28.6 Å². The predicted molar refractivity (Wildman–Crippen MR) is 91.4 cm³/mol. The number of halogens is 1.